The Balaban J connectivity index is 1.60. The number of aliphatic hydroxyl groups excluding tert-OH is 1. The van der Waals surface area contributed by atoms with Crippen molar-refractivity contribution < 1.29 is 23.8 Å². The van der Waals surface area contributed by atoms with E-state index in [4.69, 9.17) is 9.15 Å². The lowest BCUT2D eigenvalue weighted by Crippen LogP contribution is -2.43. The second-order valence-electron chi connectivity index (χ2n) is 4.96. The van der Waals surface area contributed by atoms with Crippen molar-refractivity contribution in [2.45, 2.75) is 31.5 Å². The maximum absolute atomic E-state index is 11.6. The maximum Gasteiger partial charge on any atom is 0.309 e. The summed E-state index contributed by atoms with van der Waals surface area (Å²) in [6.07, 6.45) is 4.39. The predicted octanol–water partition coefficient (Wildman–Crippen LogP) is 0.114. The highest BCUT2D eigenvalue weighted by molar-refractivity contribution is 6.35. The highest BCUT2D eigenvalue weighted by Crippen LogP contribution is 2.15. The van der Waals surface area contributed by atoms with Crippen molar-refractivity contribution >= 4 is 11.8 Å². The zero-order chi connectivity index (χ0) is 15.1. The average Bonchev–Trinajstić information content (AvgIpc) is 3.17. The minimum Gasteiger partial charge on any atom is -0.472 e. The molecule has 1 aromatic heterocycles. The van der Waals surface area contributed by atoms with Gasteiger partial charge in [0.1, 0.15) is 0 Å². The van der Waals surface area contributed by atoms with Crippen molar-refractivity contribution in [1.82, 2.24) is 10.6 Å². The Labute approximate surface area is 122 Å². The van der Waals surface area contributed by atoms with Gasteiger partial charge in [-0.15, -0.1) is 0 Å². The van der Waals surface area contributed by atoms with Crippen LogP contribution in [0.4, 0.5) is 0 Å². The SMILES string of the molecule is O=C(NCCC(O)c1ccoc1)C(=O)NCC1CCCO1. The molecule has 2 amide bonds. The Hall–Kier alpha value is -1.86. The van der Waals surface area contributed by atoms with Gasteiger partial charge >= 0.3 is 11.8 Å². The Kier molecular flexibility index (Phi) is 5.77. The standard InChI is InChI=1S/C14H20N2O5/c17-12(10-4-7-20-9-10)3-5-15-13(18)14(19)16-8-11-2-1-6-21-11/h4,7,9,11-12,17H,1-3,5-6,8H2,(H,15,18)(H,16,19). The Morgan fingerprint density at radius 3 is 2.86 bits per heavy atom. The molecular weight excluding hydrogens is 276 g/mol. The Morgan fingerprint density at radius 2 is 2.19 bits per heavy atom. The maximum atomic E-state index is 11.6. The van der Waals surface area contributed by atoms with Crippen LogP contribution in [0.15, 0.2) is 23.0 Å². The molecule has 7 nitrogen and oxygen atoms in total. The van der Waals surface area contributed by atoms with E-state index in [1.165, 1.54) is 12.5 Å². The first-order chi connectivity index (χ1) is 10.2. The number of hydrogen-bond donors (Lipinski definition) is 3. The number of aliphatic hydroxyl groups is 1. The van der Waals surface area contributed by atoms with Gasteiger partial charge in [-0.25, -0.2) is 0 Å². The van der Waals surface area contributed by atoms with Gasteiger partial charge in [-0.2, -0.15) is 0 Å². The van der Waals surface area contributed by atoms with Crippen LogP contribution in [-0.4, -0.2) is 42.7 Å². The number of rotatable bonds is 6. The van der Waals surface area contributed by atoms with Crippen LogP contribution in [-0.2, 0) is 14.3 Å². The normalized spacial score (nSPS) is 19.2. The van der Waals surface area contributed by atoms with Gasteiger partial charge in [0.2, 0.25) is 0 Å². The fourth-order valence-electron chi connectivity index (χ4n) is 2.13. The molecule has 7 heteroatoms. The lowest BCUT2D eigenvalue weighted by atomic mass is 10.1. The molecule has 0 bridgehead atoms. The molecule has 1 aromatic rings. The third-order valence-corrected chi connectivity index (χ3v) is 3.35. The van der Waals surface area contributed by atoms with E-state index in [1.54, 1.807) is 6.07 Å². The van der Waals surface area contributed by atoms with E-state index >= 15 is 0 Å². The molecule has 0 spiro atoms. The third kappa shape index (κ3) is 4.87. The molecule has 2 rings (SSSR count). The van der Waals surface area contributed by atoms with Gasteiger partial charge in [0.25, 0.3) is 0 Å². The van der Waals surface area contributed by atoms with Crippen LogP contribution in [0.3, 0.4) is 0 Å². The quantitative estimate of drug-likeness (QED) is 0.647. The van der Waals surface area contributed by atoms with Crippen LogP contribution < -0.4 is 10.6 Å². The van der Waals surface area contributed by atoms with Crippen molar-refractivity contribution in [2.24, 2.45) is 0 Å². The largest absolute Gasteiger partial charge is 0.472 e. The molecule has 21 heavy (non-hydrogen) atoms. The monoisotopic (exact) mass is 296 g/mol. The van der Waals surface area contributed by atoms with Crippen LogP contribution in [0.5, 0.6) is 0 Å². The summed E-state index contributed by atoms with van der Waals surface area (Å²) in [4.78, 5) is 23.1. The first kappa shape index (κ1) is 15.5. The summed E-state index contributed by atoms with van der Waals surface area (Å²) in [5.41, 5.74) is 0.645. The van der Waals surface area contributed by atoms with Crippen molar-refractivity contribution in [3.05, 3.63) is 24.2 Å². The summed E-state index contributed by atoms with van der Waals surface area (Å²) in [5, 5.41) is 14.8. The van der Waals surface area contributed by atoms with Crippen LogP contribution in [0.2, 0.25) is 0 Å². The number of carbonyl (C=O) groups is 2. The van der Waals surface area contributed by atoms with E-state index < -0.39 is 17.9 Å². The lowest BCUT2D eigenvalue weighted by molar-refractivity contribution is -0.139. The molecule has 2 atom stereocenters. The first-order valence-corrected chi connectivity index (χ1v) is 7.04. The lowest BCUT2D eigenvalue weighted by Gasteiger charge is -2.11. The van der Waals surface area contributed by atoms with Gasteiger partial charge < -0.3 is 24.9 Å². The minimum atomic E-state index is -0.723. The highest BCUT2D eigenvalue weighted by Gasteiger charge is 2.19. The van der Waals surface area contributed by atoms with E-state index in [9.17, 15) is 14.7 Å². The average molecular weight is 296 g/mol. The highest BCUT2D eigenvalue weighted by atomic mass is 16.5. The molecule has 0 saturated carbocycles. The number of hydrogen-bond acceptors (Lipinski definition) is 5. The van der Waals surface area contributed by atoms with Crippen LogP contribution in [0, 0.1) is 0 Å². The molecule has 0 aliphatic carbocycles. The van der Waals surface area contributed by atoms with Gasteiger partial charge in [-0.05, 0) is 25.3 Å². The molecule has 1 aliphatic rings. The van der Waals surface area contributed by atoms with Crippen molar-refractivity contribution in [2.75, 3.05) is 19.7 Å². The number of carbonyl (C=O) groups excluding carboxylic acids is 2. The van der Waals surface area contributed by atoms with E-state index in [0.29, 0.717) is 25.1 Å². The number of furan rings is 1. The van der Waals surface area contributed by atoms with Gasteiger partial charge in [0.05, 0.1) is 24.7 Å². The fourth-order valence-corrected chi connectivity index (χ4v) is 2.13. The molecular formula is C14H20N2O5. The molecule has 0 aromatic carbocycles. The predicted molar refractivity (Wildman–Crippen MR) is 73.3 cm³/mol. The Bertz CT molecular complexity index is 454. The van der Waals surface area contributed by atoms with Crippen molar-refractivity contribution in [1.29, 1.82) is 0 Å². The molecule has 2 heterocycles. The smallest absolute Gasteiger partial charge is 0.309 e. The Morgan fingerprint density at radius 1 is 1.38 bits per heavy atom. The van der Waals surface area contributed by atoms with E-state index in [1.807, 2.05) is 0 Å². The second-order valence-corrected chi connectivity index (χ2v) is 4.96. The van der Waals surface area contributed by atoms with E-state index in [0.717, 1.165) is 12.8 Å². The summed E-state index contributed by atoms with van der Waals surface area (Å²) in [6, 6.07) is 1.65. The minimum absolute atomic E-state index is 0.00432. The molecule has 1 aliphatic heterocycles. The van der Waals surface area contributed by atoms with Crippen molar-refractivity contribution in [3.8, 4) is 0 Å². The summed E-state index contributed by atoms with van der Waals surface area (Å²) < 4.78 is 10.2. The molecule has 3 N–H and O–H groups in total. The zero-order valence-corrected chi connectivity index (χ0v) is 11.7. The molecule has 1 saturated heterocycles. The molecule has 2 unspecified atom stereocenters. The number of amides is 2. The summed E-state index contributed by atoms with van der Waals surface area (Å²) >= 11 is 0. The third-order valence-electron chi connectivity index (χ3n) is 3.35. The van der Waals surface area contributed by atoms with Gasteiger partial charge in [-0.3, -0.25) is 9.59 Å². The van der Waals surface area contributed by atoms with E-state index in [2.05, 4.69) is 10.6 Å². The van der Waals surface area contributed by atoms with Crippen molar-refractivity contribution in [3.63, 3.8) is 0 Å². The van der Waals surface area contributed by atoms with Crippen LogP contribution in [0.25, 0.3) is 0 Å². The molecule has 0 radical (unpaired) electrons. The number of nitrogens with one attached hydrogen (secondary N) is 2. The summed E-state index contributed by atoms with van der Waals surface area (Å²) in [6.45, 7) is 1.26. The first-order valence-electron chi connectivity index (χ1n) is 7.04. The van der Waals surface area contributed by atoms with Crippen LogP contribution >= 0.6 is 0 Å². The number of ether oxygens (including phenoxy) is 1. The van der Waals surface area contributed by atoms with E-state index in [-0.39, 0.29) is 12.6 Å². The van der Waals surface area contributed by atoms with Gasteiger partial charge in [0.15, 0.2) is 0 Å². The topological polar surface area (TPSA) is 101 Å². The fraction of sp³-hybridized carbons (Fsp3) is 0.571. The summed E-state index contributed by atoms with van der Waals surface area (Å²) in [7, 11) is 0. The zero-order valence-electron chi connectivity index (χ0n) is 11.7. The second kappa shape index (κ2) is 7.80. The summed E-state index contributed by atoms with van der Waals surface area (Å²) in [5.74, 6) is -1.38. The van der Waals surface area contributed by atoms with Gasteiger partial charge in [0, 0.05) is 25.3 Å². The van der Waals surface area contributed by atoms with Crippen LogP contribution in [0.1, 0.15) is 30.9 Å². The molecule has 116 valence electrons. The van der Waals surface area contributed by atoms with Gasteiger partial charge in [-0.1, -0.05) is 0 Å². The molecule has 1 fully saturated rings.